The van der Waals surface area contributed by atoms with Crippen LogP contribution in [0.4, 0.5) is 0 Å². The van der Waals surface area contributed by atoms with E-state index in [4.69, 9.17) is 0 Å². The van der Waals surface area contributed by atoms with Crippen molar-refractivity contribution in [3.8, 4) is 0 Å². The van der Waals surface area contributed by atoms with E-state index in [1.54, 1.807) is 18.9 Å². The van der Waals surface area contributed by atoms with E-state index in [1.165, 1.54) is 10.8 Å². The number of fused-ring (bicyclic) bond motifs is 1. The molecule has 0 aliphatic rings. The number of carbonyl (C=O) groups is 2. The van der Waals surface area contributed by atoms with Crippen LogP contribution < -0.4 is 5.32 Å². The molecule has 3 rings (SSSR count). The van der Waals surface area contributed by atoms with Crippen LogP contribution in [-0.4, -0.2) is 36.3 Å². The Morgan fingerprint density at radius 3 is 2.34 bits per heavy atom. The van der Waals surface area contributed by atoms with Crippen LogP contribution in [0.5, 0.6) is 0 Å². The molecule has 1 atom stereocenters. The number of aryl methyl sites for hydroxylation is 1. The van der Waals surface area contributed by atoms with Gasteiger partial charge in [-0.15, -0.1) is 0 Å². The Bertz CT molecular complexity index is 963. The number of benzene rings is 3. The van der Waals surface area contributed by atoms with Gasteiger partial charge in [0, 0.05) is 20.0 Å². The SMILES string of the molecule is CNC(=O)[C@H](C)N(CCc1ccccc1)C(=O)CCc1cccc2ccccc12. The summed E-state index contributed by atoms with van der Waals surface area (Å²) in [5.41, 5.74) is 2.32. The Hall–Kier alpha value is -3.14. The number of hydrogen-bond acceptors (Lipinski definition) is 2. The van der Waals surface area contributed by atoms with E-state index in [0.717, 1.165) is 17.5 Å². The summed E-state index contributed by atoms with van der Waals surface area (Å²) in [4.78, 5) is 27.0. The molecule has 0 saturated heterocycles. The van der Waals surface area contributed by atoms with Crippen LogP contribution >= 0.6 is 0 Å². The Labute approximate surface area is 172 Å². The third-order valence-electron chi connectivity index (χ3n) is 5.39. The maximum Gasteiger partial charge on any atom is 0.242 e. The molecule has 0 bridgehead atoms. The van der Waals surface area contributed by atoms with Gasteiger partial charge in [0.15, 0.2) is 0 Å². The van der Waals surface area contributed by atoms with Gasteiger partial charge >= 0.3 is 0 Å². The fourth-order valence-corrected chi connectivity index (χ4v) is 3.67. The number of nitrogens with zero attached hydrogens (tertiary/aromatic N) is 1. The van der Waals surface area contributed by atoms with Gasteiger partial charge < -0.3 is 10.2 Å². The van der Waals surface area contributed by atoms with Crippen LogP contribution in [0.15, 0.2) is 72.8 Å². The summed E-state index contributed by atoms with van der Waals surface area (Å²) in [5, 5.41) is 5.02. The highest BCUT2D eigenvalue weighted by atomic mass is 16.2. The molecule has 0 radical (unpaired) electrons. The van der Waals surface area contributed by atoms with Gasteiger partial charge in [0.1, 0.15) is 6.04 Å². The minimum Gasteiger partial charge on any atom is -0.357 e. The predicted molar refractivity (Wildman–Crippen MR) is 118 cm³/mol. The zero-order valence-electron chi connectivity index (χ0n) is 17.1. The van der Waals surface area contributed by atoms with Crippen molar-refractivity contribution in [2.75, 3.05) is 13.6 Å². The first kappa shape index (κ1) is 20.6. The fourth-order valence-electron chi connectivity index (χ4n) is 3.67. The van der Waals surface area contributed by atoms with Gasteiger partial charge in [0.2, 0.25) is 11.8 Å². The molecule has 4 heteroatoms. The highest BCUT2D eigenvalue weighted by Gasteiger charge is 2.24. The maximum atomic E-state index is 13.1. The summed E-state index contributed by atoms with van der Waals surface area (Å²) in [7, 11) is 1.61. The molecular weight excluding hydrogens is 360 g/mol. The summed E-state index contributed by atoms with van der Waals surface area (Å²) in [6, 6.07) is 24.0. The number of amides is 2. The number of hydrogen-bond donors (Lipinski definition) is 1. The second-order valence-corrected chi connectivity index (χ2v) is 7.25. The zero-order chi connectivity index (χ0) is 20.6. The first-order chi connectivity index (χ1) is 14.1. The molecule has 0 heterocycles. The zero-order valence-corrected chi connectivity index (χ0v) is 17.1. The van der Waals surface area contributed by atoms with Crippen molar-refractivity contribution in [2.24, 2.45) is 0 Å². The second kappa shape index (κ2) is 9.87. The standard InChI is InChI=1S/C25H28N2O2/c1-19(25(29)26-2)27(18-17-20-9-4-3-5-10-20)24(28)16-15-22-13-8-12-21-11-6-7-14-23(21)22/h3-14,19H,15-18H2,1-2H3,(H,26,29)/t19-/m0/s1. The number of nitrogens with one attached hydrogen (secondary N) is 1. The Morgan fingerprint density at radius 1 is 0.897 bits per heavy atom. The largest absolute Gasteiger partial charge is 0.357 e. The topological polar surface area (TPSA) is 49.4 Å². The summed E-state index contributed by atoms with van der Waals surface area (Å²) in [6.07, 6.45) is 1.76. The lowest BCUT2D eigenvalue weighted by atomic mass is 10.0. The Balaban J connectivity index is 1.72. The highest BCUT2D eigenvalue weighted by molar-refractivity contribution is 5.88. The molecule has 3 aromatic rings. The minimum atomic E-state index is -0.497. The van der Waals surface area contributed by atoms with Crippen LogP contribution in [0.25, 0.3) is 10.8 Å². The monoisotopic (exact) mass is 388 g/mol. The van der Waals surface area contributed by atoms with Crippen molar-refractivity contribution in [3.63, 3.8) is 0 Å². The van der Waals surface area contributed by atoms with E-state index < -0.39 is 6.04 Å². The minimum absolute atomic E-state index is 0.00460. The van der Waals surface area contributed by atoms with Crippen LogP contribution in [0, 0.1) is 0 Å². The van der Waals surface area contributed by atoms with Gasteiger partial charge in [-0.1, -0.05) is 72.8 Å². The third-order valence-corrected chi connectivity index (χ3v) is 5.39. The molecule has 0 aliphatic carbocycles. The molecule has 3 aromatic carbocycles. The molecule has 1 N–H and O–H groups in total. The fraction of sp³-hybridized carbons (Fsp3) is 0.280. The average Bonchev–Trinajstić information content (AvgIpc) is 2.77. The third kappa shape index (κ3) is 5.23. The van der Waals surface area contributed by atoms with Crippen molar-refractivity contribution in [1.29, 1.82) is 0 Å². The van der Waals surface area contributed by atoms with Crippen LogP contribution in [0.2, 0.25) is 0 Å². The second-order valence-electron chi connectivity index (χ2n) is 7.25. The Kier molecular flexibility index (Phi) is 7.01. The van der Waals surface area contributed by atoms with Crippen molar-refractivity contribution < 1.29 is 9.59 Å². The van der Waals surface area contributed by atoms with Crippen LogP contribution in [-0.2, 0) is 22.4 Å². The first-order valence-electron chi connectivity index (χ1n) is 10.1. The van der Waals surface area contributed by atoms with Crippen LogP contribution in [0.3, 0.4) is 0 Å². The van der Waals surface area contributed by atoms with Gasteiger partial charge in [-0.25, -0.2) is 0 Å². The van der Waals surface area contributed by atoms with E-state index >= 15 is 0 Å². The van der Waals surface area contributed by atoms with Crippen molar-refractivity contribution in [1.82, 2.24) is 10.2 Å². The molecule has 0 saturated carbocycles. The molecular formula is C25H28N2O2. The van der Waals surface area contributed by atoms with E-state index in [2.05, 4.69) is 29.6 Å². The van der Waals surface area contributed by atoms with Crippen molar-refractivity contribution >= 4 is 22.6 Å². The van der Waals surface area contributed by atoms with Crippen molar-refractivity contribution in [3.05, 3.63) is 83.9 Å². The molecule has 0 aliphatic heterocycles. The summed E-state index contributed by atoms with van der Waals surface area (Å²) >= 11 is 0. The molecule has 0 aromatic heterocycles. The normalized spacial score (nSPS) is 11.8. The first-order valence-corrected chi connectivity index (χ1v) is 10.1. The maximum absolute atomic E-state index is 13.1. The smallest absolute Gasteiger partial charge is 0.242 e. The number of likely N-dealkylation sites (N-methyl/N-ethyl adjacent to an activating group) is 1. The lowest BCUT2D eigenvalue weighted by Gasteiger charge is -2.28. The van der Waals surface area contributed by atoms with Crippen LogP contribution in [0.1, 0.15) is 24.5 Å². The van der Waals surface area contributed by atoms with Crippen molar-refractivity contribution in [2.45, 2.75) is 32.2 Å². The quantitative estimate of drug-likeness (QED) is 0.635. The average molecular weight is 389 g/mol. The number of rotatable bonds is 8. The predicted octanol–water partition coefficient (Wildman–Crippen LogP) is 3.98. The van der Waals surface area contributed by atoms with E-state index in [0.29, 0.717) is 19.4 Å². The molecule has 29 heavy (non-hydrogen) atoms. The van der Waals surface area contributed by atoms with E-state index in [1.807, 2.05) is 48.5 Å². The van der Waals surface area contributed by atoms with Gasteiger partial charge in [0.05, 0.1) is 0 Å². The lowest BCUT2D eigenvalue weighted by Crippen LogP contribution is -2.48. The summed E-state index contributed by atoms with van der Waals surface area (Å²) in [5.74, 6) is -0.137. The molecule has 4 nitrogen and oxygen atoms in total. The molecule has 0 fully saturated rings. The van der Waals surface area contributed by atoms with Gasteiger partial charge in [0.25, 0.3) is 0 Å². The van der Waals surface area contributed by atoms with E-state index in [-0.39, 0.29) is 11.8 Å². The molecule has 2 amide bonds. The lowest BCUT2D eigenvalue weighted by molar-refractivity contribution is -0.139. The van der Waals surface area contributed by atoms with E-state index in [9.17, 15) is 9.59 Å². The number of carbonyl (C=O) groups excluding carboxylic acids is 2. The molecule has 0 unspecified atom stereocenters. The van der Waals surface area contributed by atoms with Gasteiger partial charge in [-0.3, -0.25) is 9.59 Å². The van der Waals surface area contributed by atoms with Gasteiger partial charge in [-0.05, 0) is 41.7 Å². The molecule has 0 spiro atoms. The summed E-state index contributed by atoms with van der Waals surface area (Å²) < 4.78 is 0. The molecule has 150 valence electrons. The summed E-state index contributed by atoms with van der Waals surface area (Å²) in [6.45, 7) is 2.31. The Morgan fingerprint density at radius 2 is 1.59 bits per heavy atom. The van der Waals surface area contributed by atoms with Gasteiger partial charge in [-0.2, -0.15) is 0 Å². The highest BCUT2D eigenvalue weighted by Crippen LogP contribution is 2.20.